The molecule has 132 valence electrons. The van der Waals surface area contributed by atoms with Crippen molar-refractivity contribution in [1.29, 1.82) is 0 Å². The van der Waals surface area contributed by atoms with Gasteiger partial charge in [0.25, 0.3) is 5.91 Å². The monoisotopic (exact) mass is 366 g/mol. The second-order valence-electron chi connectivity index (χ2n) is 6.48. The fourth-order valence-corrected chi connectivity index (χ4v) is 3.78. The van der Waals surface area contributed by atoms with Gasteiger partial charge in [-0.1, -0.05) is 23.7 Å². The van der Waals surface area contributed by atoms with Gasteiger partial charge in [0.05, 0.1) is 17.6 Å². The predicted octanol–water partition coefficient (Wildman–Crippen LogP) is 5.03. The Labute approximate surface area is 157 Å². The minimum absolute atomic E-state index is 0.184. The average Bonchev–Trinajstić information content (AvgIpc) is 2.68. The van der Waals surface area contributed by atoms with Crippen LogP contribution in [0.25, 0.3) is 10.9 Å². The SMILES string of the molecule is COc1cccc(NC(=O)c2ccc3c(Cl)c4c(nc3c2)CCCC4)c1. The van der Waals surface area contributed by atoms with Crippen LogP contribution in [0.1, 0.15) is 34.5 Å². The second kappa shape index (κ2) is 6.96. The van der Waals surface area contributed by atoms with Crippen molar-refractivity contribution in [3.8, 4) is 5.75 Å². The van der Waals surface area contributed by atoms with E-state index >= 15 is 0 Å². The number of nitrogens with zero attached hydrogens (tertiary/aromatic N) is 1. The van der Waals surface area contributed by atoms with Crippen molar-refractivity contribution in [2.24, 2.45) is 0 Å². The minimum Gasteiger partial charge on any atom is -0.497 e. The summed E-state index contributed by atoms with van der Waals surface area (Å²) >= 11 is 6.60. The first-order valence-corrected chi connectivity index (χ1v) is 9.10. The maximum Gasteiger partial charge on any atom is 0.255 e. The number of carbonyl (C=O) groups is 1. The molecule has 0 saturated heterocycles. The van der Waals surface area contributed by atoms with Crippen LogP contribution in [0.2, 0.25) is 5.02 Å². The van der Waals surface area contributed by atoms with E-state index in [0.717, 1.165) is 47.3 Å². The zero-order chi connectivity index (χ0) is 18.1. The van der Waals surface area contributed by atoms with Gasteiger partial charge in [-0.05, 0) is 55.5 Å². The molecule has 3 aromatic rings. The molecule has 0 aliphatic heterocycles. The van der Waals surface area contributed by atoms with Crippen molar-refractivity contribution in [3.05, 3.63) is 64.3 Å². The Morgan fingerprint density at radius 3 is 2.85 bits per heavy atom. The van der Waals surface area contributed by atoms with E-state index in [1.54, 1.807) is 19.2 Å². The lowest BCUT2D eigenvalue weighted by Gasteiger charge is -2.18. The Kier molecular flexibility index (Phi) is 4.51. The van der Waals surface area contributed by atoms with Crippen molar-refractivity contribution >= 4 is 34.1 Å². The van der Waals surface area contributed by atoms with Crippen LogP contribution in [0.15, 0.2) is 42.5 Å². The van der Waals surface area contributed by atoms with E-state index in [9.17, 15) is 4.79 Å². The molecule has 4 rings (SSSR count). The molecule has 0 fully saturated rings. The molecule has 0 unspecified atom stereocenters. The number of rotatable bonds is 3. The lowest BCUT2D eigenvalue weighted by molar-refractivity contribution is 0.102. The van der Waals surface area contributed by atoms with Gasteiger partial charge in [-0.25, -0.2) is 0 Å². The first-order chi connectivity index (χ1) is 12.7. The third kappa shape index (κ3) is 3.13. The number of methoxy groups -OCH3 is 1. The smallest absolute Gasteiger partial charge is 0.255 e. The number of fused-ring (bicyclic) bond motifs is 2. The lowest BCUT2D eigenvalue weighted by atomic mass is 9.94. The number of hydrogen-bond acceptors (Lipinski definition) is 3. The summed E-state index contributed by atoms with van der Waals surface area (Å²) in [5.41, 5.74) is 4.25. The fourth-order valence-electron chi connectivity index (χ4n) is 3.41. The van der Waals surface area contributed by atoms with Gasteiger partial charge < -0.3 is 10.1 Å². The predicted molar refractivity (Wildman–Crippen MR) is 104 cm³/mol. The number of hydrogen-bond donors (Lipinski definition) is 1. The van der Waals surface area contributed by atoms with Crippen molar-refractivity contribution in [1.82, 2.24) is 4.98 Å². The third-order valence-corrected chi connectivity index (χ3v) is 5.21. The van der Waals surface area contributed by atoms with Crippen molar-refractivity contribution in [2.75, 3.05) is 12.4 Å². The van der Waals surface area contributed by atoms with Crippen LogP contribution in [0.3, 0.4) is 0 Å². The van der Waals surface area contributed by atoms with E-state index in [4.69, 9.17) is 21.3 Å². The summed E-state index contributed by atoms with van der Waals surface area (Å²) in [5, 5.41) is 4.58. The second-order valence-corrected chi connectivity index (χ2v) is 6.85. The number of halogens is 1. The van der Waals surface area contributed by atoms with Crippen molar-refractivity contribution in [2.45, 2.75) is 25.7 Å². The molecule has 0 spiro atoms. The molecule has 1 aliphatic carbocycles. The molecule has 1 aromatic heterocycles. The molecule has 1 aliphatic rings. The van der Waals surface area contributed by atoms with Crippen LogP contribution in [0.4, 0.5) is 5.69 Å². The highest BCUT2D eigenvalue weighted by Crippen LogP contribution is 2.33. The normalized spacial score (nSPS) is 13.3. The molecule has 26 heavy (non-hydrogen) atoms. The van der Waals surface area contributed by atoms with Gasteiger partial charge in [-0.3, -0.25) is 9.78 Å². The number of aryl methyl sites for hydroxylation is 1. The summed E-state index contributed by atoms with van der Waals surface area (Å²) in [6, 6.07) is 12.8. The van der Waals surface area contributed by atoms with Gasteiger partial charge >= 0.3 is 0 Å². The van der Waals surface area contributed by atoms with Gasteiger partial charge in [0.15, 0.2) is 0 Å². The summed E-state index contributed by atoms with van der Waals surface area (Å²) in [6.07, 6.45) is 4.22. The Balaban J connectivity index is 1.67. The topological polar surface area (TPSA) is 51.2 Å². The number of aromatic nitrogens is 1. The summed E-state index contributed by atoms with van der Waals surface area (Å²) in [4.78, 5) is 17.4. The van der Waals surface area contributed by atoms with Crippen LogP contribution in [0.5, 0.6) is 5.75 Å². The summed E-state index contributed by atoms with van der Waals surface area (Å²) in [7, 11) is 1.60. The van der Waals surface area contributed by atoms with Crippen LogP contribution in [-0.4, -0.2) is 18.0 Å². The van der Waals surface area contributed by atoms with Gasteiger partial charge in [0, 0.05) is 28.4 Å². The Morgan fingerprint density at radius 1 is 1.15 bits per heavy atom. The number of anilines is 1. The largest absolute Gasteiger partial charge is 0.497 e. The number of ether oxygens (including phenoxy) is 1. The van der Waals surface area contributed by atoms with E-state index in [0.29, 0.717) is 17.0 Å². The first kappa shape index (κ1) is 16.9. The van der Waals surface area contributed by atoms with Crippen LogP contribution >= 0.6 is 11.6 Å². The zero-order valence-corrected chi connectivity index (χ0v) is 15.3. The number of amides is 1. The number of carbonyl (C=O) groups excluding carboxylic acids is 1. The van der Waals surface area contributed by atoms with E-state index in [2.05, 4.69) is 5.32 Å². The quantitative estimate of drug-likeness (QED) is 0.707. The zero-order valence-electron chi connectivity index (χ0n) is 14.5. The van der Waals surface area contributed by atoms with Crippen LogP contribution in [0, 0.1) is 0 Å². The standard InChI is InChI=1S/C21H19ClN2O2/c1-26-15-6-4-5-14(12-15)23-21(25)13-9-10-17-19(11-13)24-18-8-3-2-7-16(18)20(17)22/h4-6,9-12H,2-3,7-8H2,1H3,(H,23,25). The van der Waals surface area contributed by atoms with Crippen LogP contribution < -0.4 is 10.1 Å². The lowest BCUT2D eigenvalue weighted by Crippen LogP contribution is -2.12. The molecule has 1 amide bonds. The highest BCUT2D eigenvalue weighted by Gasteiger charge is 2.18. The number of pyridine rings is 1. The molecule has 1 heterocycles. The van der Waals surface area contributed by atoms with E-state index in [1.165, 1.54) is 5.56 Å². The van der Waals surface area contributed by atoms with Crippen LogP contribution in [-0.2, 0) is 12.8 Å². The Hall–Kier alpha value is -2.59. The Bertz CT molecular complexity index is 1000. The molecular formula is C21H19ClN2O2. The van der Waals surface area contributed by atoms with Gasteiger partial charge in [-0.15, -0.1) is 0 Å². The molecule has 4 nitrogen and oxygen atoms in total. The molecular weight excluding hydrogens is 348 g/mol. The van der Waals surface area contributed by atoms with Gasteiger partial charge in [0.2, 0.25) is 0 Å². The summed E-state index contributed by atoms with van der Waals surface area (Å²) in [5.74, 6) is 0.511. The molecule has 5 heteroatoms. The first-order valence-electron chi connectivity index (χ1n) is 8.72. The molecule has 0 radical (unpaired) electrons. The number of nitrogens with one attached hydrogen (secondary N) is 1. The third-order valence-electron chi connectivity index (χ3n) is 4.78. The van der Waals surface area contributed by atoms with Gasteiger partial charge in [0.1, 0.15) is 5.75 Å². The van der Waals surface area contributed by atoms with Gasteiger partial charge in [-0.2, -0.15) is 0 Å². The molecule has 0 atom stereocenters. The molecule has 2 aromatic carbocycles. The molecule has 1 N–H and O–H groups in total. The molecule has 0 saturated carbocycles. The number of benzene rings is 2. The highest BCUT2D eigenvalue weighted by molar-refractivity contribution is 6.36. The van der Waals surface area contributed by atoms with E-state index in [1.807, 2.05) is 30.3 Å². The van der Waals surface area contributed by atoms with Crippen molar-refractivity contribution in [3.63, 3.8) is 0 Å². The molecule has 0 bridgehead atoms. The minimum atomic E-state index is -0.184. The summed E-state index contributed by atoms with van der Waals surface area (Å²) < 4.78 is 5.19. The highest BCUT2D eigenvalue weighted by atomic mass is 35.5. The van der Waals surface area contributed by atoms with E-state index in [-0.39, 0.29) is 5.91 Å². The van der Waals surface area contributed by atoms with Crippen molar-refractivity contribution < 1.29 is 9.53 Å². The Morgan fingerprint density at radius 2 is 2.00 bits per heavy atom. The fraction of sp³-hybridized carbons (Fsp3) is 0.238. The average molecular weight is 367 g/mol. The maximum absolute atomic E-state index is 12.6. The maximum atomic E-state index is 12.6. The summed E-state index contributed by atoms with van der Waals surface area (Å²) in [6.45, 7) is 0. The van der Waals surface area contributed by atoms with E-state index < -0.39 is 0 Å².